The number of benzene rings is 1. The van der Waals surface area contributed by atoms with Crippen molar-refractivity contribution in [2.75, 3.05) is 24.7 Å². The third-order valence-corrected chi connectivity index (χ3v) is 3.96. The van der Waals surface area contributed by atoms with E-state index in [1.807, 2.05) is 32.0 Å². The highest BCUT2D eigenvalue weighted by atomic mass is 32.2. The topological polar surface area (TPSA) is 58.2 Å². The number of carbonyl (C=O) groups is 1. The highest BCUT2D eigenvalue weighted by molar-refractivity contribution is 7.84. The molecular weight excluding hydrogens is 248 g/mol. The summed E-state index contributed by atoms with van der Waals surface area (Å²) in [6.45, 7) is 5.02. The highest BCUT2D eigenvalue weighted by Crippen LogP contribution is 2.14. The predicted octanol–water partition coefficient (Wildman–Crippen LogP) is 1.62. The molecule has 0 saturated carbocycles. The number of anilines is 1. The zero-order chi connectivity index (χ0) is 13.5. The lowest BCUT2D eigenvalue weighted by atomic mass is 10.1. The number of para-hydroxylation sites is 1. The Balaban J connectivity index is 2.69. The first kappa shape index (κ1) is 14.7. The minimum absolute atomic E-state index is 0.0414. The molecule has 1 aromatic carbocycles. The van der Waals surface area contributed by atoms with Gasteiger partial charge in [0.05, 0.1) is 5.56 Å². The molecule has 2 N–H and O–H groups in total. The van der Waals surface area contributed by atoms with Gasteiger partial charge in [-0.1, -0.05) is 12.1 Å². The Labute approximate surface area is 111 Å². The van der Waals surface area contributed by atoms with Gasteiger partial charge in [0.1, 0.15) is 0 Å². The molecule has 0 heterocycles. The second-order valence-corrected chi connectivity index (χ2v) is 5.90. The van der Waals surface area contributed by atoms with Crippen LogP contribution in [0.4, 0.5) is 5.69 Å². The first-order chi connectivity index (χ1) is 8.56. The van der Waals surface area contributed by atoms with Crippen LogP contribution in [0.15, 0.2) is 24.3 Å². The van der Waals surface area contributed by atoms with E-state index in [1.165, 1.54) is 0 Å². The zero-order valence-corrected chi connectivity index (χ0v) is 11.8. The average molecular weight is 268 g/mol. The molecule has 4 nitrogen and oxygen atoms in total. The van der Waals surface area contributed by atoms with Gasteiger partial charge in [-0.25, -0.2) is 0 Å². The number of hydrogen-bond acceptors (Lipinski definition) is 3. The van der Waals surface area contributed by atoms with Crippen molar-refractivity contribution in [2.24, 2.45) is 0 Å². The van der Waals surface area contributed by atoms with Crippen LogP contribution in [-0.4, -0.2) is 34.7 Å². The SMILES string of the molecule is CCNc1ccccc1C(=O)NCC(C)S(C)=O. The fourth-order valence-corrected chi connectivity index (χ4v) is 1.79. The van der Waals surface area contributed by atoms with Crippen LogP contribution < -0.4 is 10.6 Å². The van der Waals surface area contributed by atoms with Crippen LogP contribution >= 0.6 is 0 Å². The molecular formula is C13H20N2O2S. The second kappa shape index (κ2) is 7.16. The van der Waals surface area contributed by atoms with Crippen LogP contribution in [0.1, 0.15) is 24.2 Å². The molecule has 18 heavy (non-hydrogen) atoms. The van der Waals surface area contributed by atoms with E-state index >= 15 is 0 Å². The largest absolute Gasteiger partial charge is 0.385 e. The quantitative estimate of drug-likeness (QED) is 0.824. The summed E-state index contributed by atoms with van der Waals surface area (Å²) >= 11 is 0. The fourth-order valence-electron chi connectivity index (χ4n) is 1.47. The van der Waals surface area contributed by atoms with Crippen LogP contribution in [0.5, 0.6) is 0 Å². The first-order valence-corrected chi connectivity index (χ1v) is 7.61. The number of hydrogen-bond donors (Lipinski definition) is 2. The van der Waals surface area contributed by atoms with Crippen molar-refractivity contribution in [3.63, 3.8) is 0 Å². The van der Waals surface area contributed by atoms with Gasteiger partial charge in [0.15, 0.2) is 0 Å². The lowest BCUT2D eigenvalue weighted by Crippen LogP contribution is -2.33. The molecule has 0 radical (unpaired) electrons. The van der Waals surface area contributed by atoms with E-state index in [9.17, 15) is 9.00 Å². The van der Waals surface area contributed by atoms with E-state index in [2.05, 4.69) is 10.6 Å². The van der Waals surface area contributed by atoms with Crippen LogP contribution in [-0.2, 0) is 10.8 Å². The van der Waals surface area contributed by atoms with Gasteiger partial charge < -0.3 is 10.6 Å². The molecule has 100 valence electrons. The predicted molar refractivity (Wildman–Crippen MR) is 76.5 cm³/mol. The summed E-state index contributed by atoms with van der Waals surface area (Å²) in [5.74, 6) is -0.135. The van der Waals surface area contributed by atoms with Crippen molar-refractivity contribution in [3.8, 4) is 0 Å². The summed E-state index contributed by atoms with van der Waals surface area (Å²) in [6.07, 6.45) is 1.64. The Hall–Kier alpha value is -1.36. The molecule has 0 aliphatic rings. The van der Waals surface area contributed by atoms with Gasteiger partial charge in [0.25, 0.3) is 5.91 Å². The van der Waals surface area contributed by atoms with E-state index < -0.39 is 10.8 Å². The summed E-state index contributed by atoms with van der Waals surface area (Å²) in [6, 6.07) is 7.37. The normalized spacial score (nSPS) is 13.7. The maximum absolute atomic E-state index is 12.0. The van der Waals surface area contributed by atoms with Gasteiger partial charge >= 0.3 is 0 Å². The van der Waals surface area contributed by atoms with Crippen molar-refractivity contribution in [1.29, 1.82) is 0 Å². The standard InChI is InChI=1S/C13H20N2O2S/c1-4-14-12-8-6-5-7-11(12)13(16)15-9-10(2)18(3)17/h5-8,10,14H,4,9H2,1-3H3,(H,15,16). The van der Waals surface area contributed by atoms with Gasteiger partial charge in [-0.2, -0.15) is 0 Å². The molecule has 0 aliphatic heterocycles. The van der Waals surface area contributed by atoms with E-state index in [0.29, 0.717) is 12.1 Å². The number of carbonyl (C=O) groups excluding carboxylic acids is 1. The molecule has 0 aliphatic carbocycles. The Morgan fingerprint density at radius 2 is 2.06 bits per heavy atom. The monoisotopic (exact) mass is 268 g/mol. The Bertz CT molecular complexity index is 435. The maximum atomic E-state index is 12.0. The van der Waals surface area contributed by atoms with Crippen molar-refractivity contribution < 1.29 is 9.00 Å². The fraction of sp³-hybridized carbons (Fsp3) is 0.462. The van der Waals surface area contributed by atoms with Gasteiger partial charge in [0.2, 0.25) is 0 Å². The molecule has 0 fully saturated rings. The molecule has 5 heteroatoms. The van der Waals surface area contributed by atoms with E-state index in [-0.39, 0.29) is 11.2 Å². The minimum atomic E-state index is -0.922. The van der Waals surface area contributed by atoms with Gasteiger partial charge in [-0.05, 0) is 26.0 Å². The summed E-state index contributed by atoms with van der Waals surface area (Å²) in [4.78, 5) is 12.0. The van der Waals surface area contributed by atoms with Crippen LogP contribution in [0, 0.1) is 0 Å². The molecule has 0 saturated heterocycles. The molecule has 1 amide bonds. The van der Waals surface area contributed by atoms with Crippen molar-refractivity contribution in [3.05, 3.63) is 29.8 Å². The average Bonchev–Trinajstić information content (AvgIpc) is 2.36. The van der Waals surface area contributed by atoms with E-state index in [1.54, 1.807) is 12.3 Å². The maximum Gasteiger partial charge on any atom is 0.253 e. The number of nitrogens with one attached hydrogen (secondary N) is 2. The zero-order valence-electron chi connectivity index (χ0n) is 11.0. The summed E-state index contributed by atoms with van der Waals surface area (Å²) in [5, 5.41) is 5.91. The molecule has 0 spiro atoms. The van der Waals surface area contributed by atoms with Crippen LogP contribution in [0.3, 0.4) is 0 Å². The second-order valence-electron chi connectivity index (χ2n) is 4.10. The van der Waals surface area contributed by atoms with Crippen LogP contribution in [0.25, 0.3) is 0 Å². The Morgan fingerprint density at radius 3 is 2.67 bits per heavy atom. The first-order valence-electron chi connectivity index (χ1n) is 5.99. The van der Waals surface area contributed by atoms with Crippen molar-refractivity contribution in [2.45, 2.75) is 19.1 Å². The summed E-state index contributed by atoms with van der Waals surface area (Å²) in [7, 11) is -0.922. The Morgan fingerprint density at radius 1 is 1.39 bits per heavy atom. The summed E-state index contributed by atoms with van der Waals surface area (Å²) < 4.78 is 11.2. The third kappa shape index (κ3) is 4.14. The van der Waals surface area contributed by atoms with Gasteiger partial charge in [-0.15, -0.1) is 0 Å². The van der Waals surface area contributed by atoms with Crippen molar-refractivity contribution >= 4 is 22.4 Å². The molecule has 2 atom stereocenters. The molecule has 0 bridgehead atoms. The molecule has 1 rings (SSSR count). The highest BCUT2D eigenvalue weighted by Gasteiger charge is 2.12. The number of amides is 1. The smallest absolute Gasteiger partial charge is 0.253 e. The molecule has 1 aromatic rings. The lowest BCUT2D eigenvalue weighted by Gasteiger charge is -2.13. The third-order valence-electron chi connectivity index (χ3n) is 2.66. The summed E-state index contributed by atoms with van der Waals surface area (Å²) in [5.41, 5.74) is 1.44. The Kier molecular flexibility index (Phi) is 5.85. The van der Waals surface area contributed by atoms with Gasteiger partial charge in [-0.3, -0.25) is 9.00 Å². The lowest BCUT2D eigenvalue weighted by molar-refractivity contribution is 0.0955. The minimum Gasteiger partial charge on any atom is -0.385 e. The number of rotatable bonds is 6. The van der Waals surface area contributed by atoms with Crippen LogP contribution in [0.2, 0.25) is 0 Å². The van der Waals surface area contributed by atoms with Crippen molar-refractivity contribution in [1.82, 2.24) is 5.32 Å². The van der Waals surface area contributed by atoms with Gasteiger partial charge in [0, 0.05) is 41.1 Å². The van der Waals surface area contributed by atoms with E-state index in [0.717, 1.165) is 12.2 Å². The molecule has 2 unspecified atom stereocenters. The molecule has 0 aromatic heterocycles. The van der Waals surface area contributed by atoms with E-state index in [4.69, 9.17) is 0 Å².